The summed E-state index contributed by atoms with van der Waals surface area (Å²) >= 11 is 0. The van der Waals surface area contributed by atoms with E-state index in [4.69, 9.17) is 19.2 Å². The minimum absolute atomic E-state index is 0. The van der Waals surface area contributed by atoms with Crippen molar-refractivity contribution in [3.8, 4) is 0 Å². The van der Waals surface area contributed by atoms with Crippen LogP contribution in [0.5, 0.6) is 0 Å². The van der Waals surface area contributed by atoms with Crippen LogP contribution >= 0.6 is 7.82 Å². The first-order chi connectivity index (χ1) is 2.00. The number of hydrogen-bond donors (Lipinski definition) is 3. The minimum Gasteiger partial charge on any atom is 0 e. The van der Waals surface area contributed by atoms with Crippen molar-refractivity contribution < 1.29 is 51.9 Å². The number of hydrogen-bond acceptors (Lipinski definition) is 1. The second-order valence-electron chi connectivity index (χ2n) is 0.513. The number of rotatable bonds is 0. The van der Waals surface area contributed by atoms with Crippen LogP contribution in [-0.4, -0.2) is 33.5 Å². The van der Waals surface area contributed by atoms with Crippen molar-refractivity contribution in [2.45, 2.75) is 0 Å². The summed E-state index contributed by atoms with van der Waals surface area (Å²) in [6, 6.07) is 0. The predicted molar refractivity (Wildman–Crippen MR) is 28.9 cm³/mol. The Morgan fingerprint density at radius 3 is 0.900 bits per heavy atom. The van der Waals surface area contributed by atoms with Crippen molar-refractivity contribution in [1.29, 1.82) is 0 Å². The van der Waals surface area contributed by atoms with Gasteiger partial charge in [0.1, 0.15) is 0 Å². The summed E-state index contributed by atoms with van der Waals surface area (Å²) in [5, 5.41) is 0. The third-order valence-electron chi connectivity index (χ3n) is 0. The normalized spacial score (nSPS) is 5.90. The second kappa shape index (κ2) is 16.6. The molecule has 0 amide bonds. The fourth-order valence-electron chi connectivity index (χ4n) is 0. The molecule has 0 rings (SSSR count). The van der Waals surface area contributed by atoms with Gasteiger partial charge in [-0.05, 0) is 0 Å². The standard InChI is InChI=1S/3FH.Li.H3O4P.V.H/c;;;;1-5(2,3)4;;/h3*1H;;(H3,1,2,3,4);;. The monoisotopic (exact) mass is 217 g/mol. The van der Waals surface area contributed by atoms with E-state index in [1.165, 1.54) is 0 Å². The van der Waals surface area contributed by atoms with Gasteiger partial charge >= 0.3 is 26.7 Å². The zero-order valence-corrected chi connectivity index (χ0v) is 6.16. The van der Waals surface area contributed by atoms with Crippen LogP contribution in [0, 0.1) is 0 Å². The Bertz CT molecular complexity index is 66.6. The van der Waals surface area contributed by atoms with Gasteiger partial charge in [0.2, 0.25) is 0 Å². The molecule has 10 heavy (non-hydrogen) atoms. The van der Waals surface area contributed by atoms with Crippen molar-refractivity contribution in [2.24, 2.45) is 0 Å². The molecule has 10 heteroatoms. The Hall–Kier alpha value is 1.08. The van der Waals surface area contributed by atoms with Crippen LogP contribution in [0.3, 0.4) is 0 Å². The molecule has 0 aliphatic carbocycles. The van der Waals surface area contributed by atoms with Crippen LogP contribution in [0.1, 0.15) is 0 Å². The van der Waals surface area contributed by atoms with E-state index in [1.54, 1.807) is 0 Å². The van der Waals surface area contributed by atoms with Crippen LogP contribution in [0.15, 0.2) is 0 Å². The smallest absolute Gasteiger partial charge is 0 e. The van der Waals surface area contributed by atoms with Crippen molar-refractivity contribution >= 4 is 26.7 Å². The maximum absolute atomic E-state index is 8.88. The summed E-state index contributed by atoms with van der Waals surface area (Å²) in [6.45, 7) is 0. The molecule has 0 heterocycles. The molecule has 0 atom stereocenters. The van der Waals surface area contributed by atoms with Crippen LogP contribution in [0.2, 0.25) is 0 Å². The summed E-state index contributed by atoms with van der Waals surface area (Å²) < 4.78 is 8.88. The van der Waals surface area contributed by atoms with E-state index in [0.717, 1.165) is 0 Å². The maximum atomic E-state index is 8.88. The zero-order chi connectivity index (χ0) is 4.50. The SMILES string of the molecule is F.F.F.O=P(O)(O)O.[LiH].[V]. The minimum atomic E-state index is -4.64. The van der Waals surface area contributed by atoms with Crippen molar-refractivity contribution in [3.63, 3.8) is 0 Å². The van der Waals surface area contributed by atoms with E-state index in [-0.39, 0.29) is 51.5 Å². The van der Waals surface area contributed by atoms with Crippen LogP contribution in [0.25, 0.3) is 0 Å². The fourth-order valence-corrected chi connectivity index (χ4v) is 0. The Morgan fingerprint density at radius 2 is 0.900 bits per heavy atom. The molecule has 4 nitrogen and oxygen atoms in total. The van der Waals surface area contributed by atoms with Gasteiger partial charge in [-0.25, -0.2) is 4.57 Å². The van der Waals surface area contributed by atoms with E-state index in [1.807, 2.05) is 0 Å². The molecule has 0 aromatic carbocycles. The Morgan fingerprint density at radius 1 is 0.900 bits per heavy atom. The third kappa shape index (κ3) is 507. The van der Waals surface area contributed by atoms with E-state index in [2.05, 4.69) is 0 Å². The van der Waals surface area contributed by atoms with Crippen LogP contribution in [0.4, 0.5) is 14.1 Å². The summed E-state index contributed by atoms with van der Waals surface area (Å²) in [7, 11) is -4.64. The van der Waals surface area contributed by atoms with Gasteiger partial charge in [-0.2, -0.15) is 0 Å². The Kier molecular flexibility index (Phi) is 72.3. The van der Waals surface area contributed by atoms with Crippen molar-refractivity contribution in [1.82, 2.24) is 0 Å². The molecule has 0 fully saturated rings. The van der Waals surface area contributed by atoms with E-state index < -0.39 is 7.82 Å². The van der Waals surface area contributed by atoms with Gasteiger partial charge in [0.25, 0.3) is 0 Å². The first-order valence-electron chi connectivity index (χ1n) is 0.783. The first kappa shape index (κ1) is 43.6. The molecule has 0 saturated heterocycles. The summed E-state index contributed by atoms with van der Waals surface area (Å²) in [6.07, 6.45) is 0. The van der Waals surface area contributed by atoms with Gasteiger partial charge in [0.05, 0.1) is 0 Å². The molecule has 63 valence electrons. The van der Waals surface area contributed by atoms with Crippen molar-refractivity contribution in [2.75, 3.05) is 0 Å². The topological polar surface area (TPSA) is 77.8 Å². The third-order valence-corrected chi connectivity index (χ3v) is 0. The summed E-state index contributed by atoms with van der Waals surface area (Å²) in [5.41, 5.74) is 0. The van der Waals surface area contributed by atoms with Gasteiger partial charge in [-0.3, -0.25) is 14.1 Å². The van der Waals surface area contributed by atoms with Crippen LogP contribution in [-0.2, 0) is 23.1 Å². The van der Waals surface area contributed by atoms with Gasteiger partial charge in [-0.1, -0.05) is 0 Å². The Labute approximate surface area is 78.8 Å². The Balaban J connectivity index is -0.00000000800. The molecule has 0 aromatic rings. The molecule has 0 aliphatic rings. The summed E-state index contributed by atoms with van der Waals surface area (Å²) in [4.78, 5) is 21.6. The number of halogens is 3. The average molecular weight is 217 g/mol. The molecule has 0 aliphatic heterocycles. The van der Waals surface area contributed by atoms with E-state index >= 15 is 0 Å². The van der Waals surface area contributed by atoms with Gasteiger partial charge in [0.15, 0.2) is 0 Å². The zero-order valence-electron chi connectivity index (χ0n) is 3.87. The molecule has 1 radical (unpaired) electrons. The van der Waals surface area contributed by atoms with Crippen LogP contribution < -0.4 is 0 Å². The fraction of sp³-hybridized carbons (Fsp3) is 0. The second-order valence-corrected chi connectivity index (χ2v) is 1.54. The largest absolute Gasteiger partial charge is 0 e. The van der Waals surface area contributed by atoms with E-state index in [0.29, 0.717) is 0 Å². The molecular formula is H7F3LiO4PV. The summed E-state index contributed by atoms with van der Waals surface area (Å²) in [5.74, 6) is 0. The number of phosphoric acid groups is 1. The molecule has 0 bridgehead atoms. The molecule has 0 saturated carbocycles. The van der Waals surface area contributed by atoms with Gasteiger partial charge in [0, 0.05) is 18.6 Å². The molecule has 0 unspecified atom stereocenters. The molecular weight excluding hydrogens is 210 g/mol. The molecule has 0 spiro atoms. The molecule has 0 aromatic heterocycles. The van der Waals surface area contributed by atoms with Crippen molar-refractivity contribution in [3.05, 3.63) is 0 Å². The van der Waals surface area contributed by atoms with Gasteiger partial charge in [-0.15, -0.1) is 0 Å². The quantitative estimate of drug-likeness (QED) is 0.354. The average Bonchev–Trinajstić information content (AvgIpc) is 0.722. The van der Waals surface area contributed by atoms with Gasteiger partial charge < -0.3 is 14.7 Å². The predicted octanol–water partition coefficient (Wildman–Crippen LogP) is -1.12. The first-order valence-corrected chi connectivity index (χ1v) is 2.35. The van der Waals surface area contributed by atoms with E-state index in [9.17, 15) is 0 Å². The maximum Gasteiger partial charge on any atom is 0 e. The molecule has 3 N–H and O–H groups in total.